The van der Waals surface area contributed by atoms with Crippen molar-refractivity contribution in [2.24, 2.45) is 0 Å². The molecule has 1 N–H and O–H groups in total. The summed E-state index contributed by atoms with van der Waals surface area (Å²) in [6, 6.07) is 9.67. The van der Waals surface area contributed by atoms with Gasteiger partial charge in [0.05, 0.1) is 176 Å². The molecule has 0 amide bonds. The van der Waals surface area contributed by atoms with Crippen molar-refractivity contribution in [2.75, 3.05) is 6.61 Å². The van der Waals surface area contributed by atoms with Crippen LogP contribution >= 0.6 is 0 Å². The highest BCUT2D eigenvalue weighted by molar-refractivity contribution is 6.74. The Morgan fingerprint density at radius 1 is 0.330 bits per heavy atom. The second-order valence-corrected chi connectivity index (χ2v) is 45.8. The van der Waals surface area contributed by atoms with Gasteiger partial charge in [0.1, 0.15) is 12.2 Å². The lowest BCUT2D eigenvalue weighted by Gasteiger charge is -2.56. The van der Waals surface area contributed by atoms with Crippen LogP contribution in [0.25, 0.3) is 0 Å². The average molecular weight is 1330 g/mol. The molecule has 0 bridgehead atoms. The van der Waals surface area contributed by atoms with Gasteiger partial charge >= 0.3 is 0 Å². The minimum atomic E-state index is -2.15. The second kappa shape index (κ2) is 27.5. The summed E-state index contributed by atoms with van der Waals surface area (Å²) in [5.41, 5.74) is -1.10. The molecule has 0 spiro atoms. The van der Waals surface area contributed by atoms with Crippen LogP contribution in [-0.4, -0.2) is 225 Å². The zero-order valence-corrected chi connectivity index (χ0v) is 60.7. The van der Waals surface area contributed by atoms with Gasteiger partial charge in [-0.2, -0.15) is 0 Å². The van der Waals surface area contributed by atoms with Crippen molar-refractivity contribution >= 4 is 25.0 Å². The van der Waals surface area contributed by atoms with E-state index < -0.39 is 36.2 Å². The van der Waals surface area contributed by atoms with E-state index in [-0.39, 0.29) is 184 Å². The van der Waals surface area contributed by atoms with Crippen LogP contribution < -0.4 is 0 Å². The van der Waals surface area contributed by atoms with Crippen molar-refractivity contribution in [3.63, 3.8) is 0 Å². The minimum absolute atomic E-state index is 0.00107. The molecular formula is C70H120O18Si3. The maximum atomic E-state index is 9.95. The molecule has 21 heteroatoms. The SMILES string of the molecule is CC[Si](CC)(CC)O[C@H]1C[C@H]2O[C@@H](CCO)C[C@@H]2O[C@@H]2C[C@@H]3O[C@@H]4C[C@@H]5O[C@@H]6CC[C@@H]7O[C@@H]8C[C@@H]9O[C@@H]%10C[C@]%11(C)O[C@@H]%12C[C@@H]%13O[C@H](C)[C@@H](O[Si](CC)(CC)CC)C[C@H]%13O[C@H]%12CC[C@H]%11O[C@H]%10C[C@H]9O[C@H]8C[C@H]7O[C@@]6(C)C[C@H]5O[C@H]4[C@@H](O[Si](CC)(CC)CC)C[C@H]3O[C@@H]12. The normalized spacial score (nSPS) is 50.4. The molecule has 14 heterocycles. The van der Waals surface area contributed by atoms with Crippen LogP contribution in [0, 0.1) is 0 Å². The number of aliphatic hydroxyl groups excluding tert-OH is 1. The first-order chi connectivity index (χ1) is 43.9. The van der Waals surface area contributed by atoms with Gasteiger partial charge in [0.2, 0.25) is 0 Å². The van der Waals surface area contributed by atoms with E-state index in [4.69, 9.17) is 79.6 Å². The van der Waals surface area contributed by atoms with Crippen LogP contribution in [0.1, 0.15) is 192 Å². The topological polar surface area (TPSA) is 177 Å². The quantitative estimate of drug-likeness (QED) is 0.136. The first-order valence-electron chi connectivity index (χ1n) is 37.8. The predicted molar refractivity (Wildman–Crippen MR) is 348 cm³/mol. The monoisotopic (exact) mass is 1330 g/mol. The maximum Gasteiger partial charge on any atom is 0.192 e. The Balaban J connectivity index is 0.632. The summed E-state index contributed by atoms with van der Waals surface area (Å²) >= 11 is 0. The van der Waals surface area contributed by atoms with Crippen LogP contribution in [0.4, 0.5) is 0 Å². The first kappa shape index (κ1) is 68.1. The zero-order valence-electron chi connectivity index (χ0n) is 57.7. The third-order valence-electron chi connectivity index (χ3n) is 26.9. The fourth-order valence-corrected chi connectivity index (χ4v) is 29.3. The maximum absolute atomic E-state index is 9.95. The summed E-state index contributed by atoms with van der Waals surface area (Å²) in [5, 5.41) is 9.95. The van der Waals surface area contributed by atoms with E-state index in [0.717, 1.165) is 131 Å². The van der Waals surface area contributed by atoms with Crippen molar-refractivity contribution in [3.05, 3.63) is 0 Å². The van der Waals surface area contributed by atoms with Gasteiger partial charge < -0.3 is 84.7 Å². The molecule has 0 aromatic rings. The molecule has 18 nitrogen and oxygen atoms in total. The van der Waals surface area contributed by atoms with E-state index in [1.165, 1.54) is 0 Å². The highest BCUT2D eigenvalue weighted by Crippen LogP contribution is 2.53. The third kappa shape index (κ3) is 13.0. The van der Waals surface area contributed by atoms with Crippen molar-refractivity contribution in [2.45, 2.75) is 435 Å². The van der Waals surface area contributed by atoms with E-state index in [2.05, 4.69) is 83.1 Å². The molecule has 0 aromatic heterocycles. The van der Waals surface area contributed by atoms with E-state index >= 15 is 0 Å². The molecule has 0 unspecified atom stereocenters. The molecule has 0 aliphatic carbocycles. The number of rotatable bonds is 17. The summed E-state index contributed by atoms with van der Waals surface area (Å²) in [4.78, 5) is 0. The average Bonchev–Trinajstić information content (AvgIpc) is 1.74. The van der Waals surface area contributed by atoms with E-state index in [0.29, 0.717) is 32.1 Å². The molecule has 14 saturated heterocycles. The van der Waals surface area contributed by atoms with Gasteiger partial charge in [-0.15, -0.1) is 0 Å². The van der Waals surface area contributed by atoms with Crippen LogP contribution in [0.5, 0.6) is 0 Å². The van der Waals surface area contributed by atoms with Crippen molar-refractivity contribution < 1.29 is 84.7 Å². The van der Waals surface area contributed by atoms with Gasteiger partial charge in [0, 0.05) is 83.7 Å². The van der Waals surface area contributed by atoms with E-state index in [1.54, 1.807) is 0 Å². The molecule has 14 rings (SSSR count). The number of ether oxygens (including phenoxy) is 14. The van der Waals surface area contributed by atoms with Crippen molar-refractivity contribution in [1.82, 2.24) is 0 Å². The first-order valence-corrected chi connectivity index (χ1v) is 45.4. The minimum Gasteiger partial charge on any atom is -0.411 e. The number of hydrogen-bond donors (Lipinski definition) is 1. The molecule has 0 radical (unpaired) electrons. The lowest BCUT2D eigenvalue weighted by molar-refractivity contribution is -0.329. The number of aliphatic hydroxyl groups is 1. The van der Waals surface area contributed by atoms with Gasteiger partial charge in [-0.3, -0.25) is 0 Å². The Morgan fingerprint density at radius 3 is 1.11 bits per heavy atom. The zero-order chi connectivity index (χ0) is 63.4. The number of hydrogen-bond acceptors (Lipinski definition) is 18. The molecular weight excluding hydrogens is 1210 g/mol. The molecule has 31 atom stereocenters. The fourth-order valence-electron chi connectivity index (χ4n) is 20.6. The molecule has 14 aliphatic heterocycles. The van der Waals surface area contributed by atoms with Crippen LogP contribution in [0.2, 0.25) is 54.4 Å². The highest BCUT2D eigenvalue weighted by Gasteiger charge is 2.63. The summed E-state index contributed by atoms with van der Waals surface area (Å²) in [5.74, 6) is 0. The Labute approximate surface area is 548 Å². The van der Waals surface area contributed by atoms with Gasteiger partial charge in [0.15, 0.2) is 25.0 Å². The molecule has 520 valence electrons. The standard InChI is InChI=1S/C70H120O18Si3/c1-13-89(14-2,15-3)86-44-29-48-46(72-40(44)10)32-57-42(74-48)22-24-65-69(11,84-57)38-63-55(80-65)31-50-51(79-63)30-49-52(76-50)33-58-43(75-49)23-25-66-70(12,85-58)39-64-56(81-66)35-60-68(83-64)62(88-91(19-7,20-8)21-9)37-54-53(78-60)34-59-67(82-54)61(87-90(16-4,17-5)18-6)36-47-45(77-59)28-41(73-47)26-27-71/h40-68,71H,13-39H2,1-12H3/t40-,41+,42+,43+,44+,45+,46+,47-,48-,49-,50-,51+,52+,53+,54-,55+,56+,57-,58-,59-,60-,61+,62+,63-,64-,65-,66-,67-,68-,69+,70+/m1/s1. The second-order valence-electron chi connectivity index (χ2n) is 31.6. The van der Waals surface area contributed by atoms with Gasteiger partial charge in [-0.1, -0.05) is 62.3 Å². The Morgan fingerprint density at radius 2 is 0.648 bits per heavy atom. The fraction of sp³-hybridized carbons (Fsp3) is 1.00. The molecule has 0 aromatic carbocycles. The van der Waals surface area contributed by atoms with Crippen LogP contribution in [0.15, 0.2) is 0 Å². The lowest BCUT2D eigenvalue weighted by Crippen LogP contribution is -2.65. The molecule has 0 saturated carbocycles. The van der Waals surface area contributed by atoms with Gasteiger partial charge in [-0.05, 0) is 107 Å². The smallest absolute Gasteiger partial charge is 0.192 e. The summed E-state index contributed by atoms with van der Waals surface area (Å²) in [6.07, 6.45) is 9.95. The Kier molecular flexibility index (Phi) is 20.5. The summed E-state index contributed by atoms with van der Waals surface area (Å²) < 4.78 is 123. The highest BCUT2D eigenvalue weighted by atomic mass is 28.4. The number of fused-ring (bicyclic) bond motifs is 13. The molecule has 14 fully saturated rings. The van der Waals surface area contributed by atoms with Gasteiger partial charge in [-0.25, -0.2) is 0 Å². The largest absolute Gasteiger partial charge is 0.411 e. The third-order valence-corrected chi connectivity index (χ3v) is 40.9. The Bertz CT molecular complexity index is 2400. The van der Waals surface area contributed by atoms with E-state index in [9.17, 15) is 5.11 Å². The predicted octanol–water partition coefficient (Wildman–Crippen LogP) is 11.3. The summed E-state index contributed by atoms with van der Waals surface area (Å²) in [7, 11) is -6.02. The summed E-state index contributed by atoms with van der Waals surface area (Å²) in [6.45, 7) is 27.6. The van der Waals surface area contributed by atoms with Crippen molar-refractivity contribution in [3.8, 4) is 0 Å². The van der Waals surface area contributed by atoms with Crippen LogP contribution in [0.3, 0.4) is 0 Å². The van der Waals surface area contributed by atoms with Crippen molar-refractivity contribution in [1.29, 1.82) is 0 Å². The lowest BCUT2D eigenvalue weighted by atomic mass is 9.80. The van der Waals surface area contributed by atoms with E-state index in [1.807, 2.05) is 0 Å². The molecule has 91 heavy (non-hydrogen) atoms. The Hall–Kier alpha value is -0.0694. The van der Waals surface area contributed by atoms with Gasteiger partial charge in [0.25, 0.3) is 0 Å². The molecule has 14 aliphatic rings. The van der Waals surface area contributed by atoms with Crippen LogP contribution in [-0.2, 0) is 79.6 Å².